The SMILES string of the molecule is COC(=O)[C@@]1([C@@H](C[N+](=O)[O-])C(C)(C)C)CCC(c2ccccc2)=N1. The fourth-order valence-electron chi connectivity index (χ4n) is 3.51. The molecule has 6 heteroatoms. The largest absolute Gasteiger partial charge is 0.467 e. The molecule has 0 fully saturated rings. The van der Waals surface area contributed by atoms with Crippen LogP contribution in [0.1, 0.15) is 39.2 Å². The van der Waals surface area contributed by atoms with Crippen molar-refractivity contribution >= 4 is 11.7 Å². The monoisotopic (exact) mass is 332 g/mol. The smallest absolute Gasteiger partial charge is 0.334 e. The van der Waals surface area contributed by atoms with Gasteiger partial charge in [0.2, 0.25) is 6.54 Å². The van der Waals surface area contributed by atoms with Crippen LogP contribution in [0.3, 0.4) is 0 Å². The molecule has 24 heavy (non-hydrogen) atoms. The summed E-state index contributed by atoms with van der Waals surface area (Å²) in [5.74, 6) is -1.04. The lowest BCUT2D eigenvalue weighted by atomic mass is 9.68. The molecule has 1 heterocycles. The second kappa shape index (κ2) is 6.71. The van der Waals surface area contributed by atoms with E-state index in [4.69, 9.17) is 9.73 Å². The Bertz CT molecular complexity index is 649. The number of hydrogen-bond acceptors (Lipinski definition) is 5. The fourth-order valence-corrected chi connectivity index (χ4v) is 3.51. The van der Waals surface area contributed by atoms with Crippen LogP contribution in [0.5, 0.6) is 0 Å². The number of hydrogen-bond donors (Lipinski definition) is 0. The summed E-state index contributed by atoms with van der Waals surface area (Å²) in [6.45, 7) is 5.40. The van der Waals surface area contributed by atoms with E-state index in [1.807, 2.05) is 51.1 Å². The lowest BCUT2D eigenvalue weighted by Crippen LogP contribution is -2.51. The van der Waals surface area contributed by atoms with Gasteiger partial charge in [-0.3, -0.25) is 15.1 Å². The zero-order chi connectivity index (χ0) is 18.0. The van der Waals surface area contributed by atoms with Gasteiger partial charge < -0.3 is 4.74 Å². The van der Waals surface area contributed by atoms with Crippen LogP contribution in [-0.4, -0.2) is 35.8 Å². The molecule has 1 aliphatic heterocycles. The lowest BCUT2D eigenvalue weighted by Gasteiger charge is -2.38. The predicted octanol–water partition coefficient (Wildman–Crippen LogP) is 3.12. The predicted molar refractivity (Wildman–Crippen MR) is 91.8 cm³/mol. The van der Waals surface area contributed by atoms with Gasteiger partial charge in [-0.25, -0.2) is 4.79 Å². The zero-order valence-electron chi connectivity index (χ0n) is 14.6. The third kappa shape index (κ3) is 3.47. The maximum Gasteiger partial charge on any atom is 0.334 e. The Morgan fingerprint density at radius 1 is 1.38 bits per heavy atom. The first-order valence-corrected chi connectivity index (χ1v) is 8.05. The molecule has 0 saturated carbocycles. The van der Waals surface area contributed by atoms with Gasteiger partial charge in [0.25, 0.3) is 0 Å². The van der Waals surface area contributed by atoms with E-state index in [1.54, 1.807) is 0 Å². The van der Waals surface area contributed by atoms with Gasteiger partial charge in [-0.2, -0.15) is 0 Å². The van der Waals surface area contributed by atoms with Crippen molar-refractivity contribution in [3.05, 3.63) is 46.0 Å². The molecule has 0 radical (unpaired) electrons. The van der Waals surface area contributed by atoms with Crippen molar-refractivity contribution in [1.82, 2.24) is 0 Å². The molecule has 1 aliphatic rings. The van der Waals surface area contributed by atoms with Gasteiger partial charge in [0, 0.05) is 10.6 Å². The molecule has 0 aliphatic carbocycles. The highest BCUT2D eigenvalue weighted by Gasteiger charge is 2.55. The minimum Gasteiger partial charge on any atom is -0.467 e. The van der Waals surface area contributed by atoms with Crippen LogP contribution in [-0.2, 0) is 9.53 Å². The average Bonchev–Trinajstić information content (AvgIpc) is 2.97. The molecule has 0 amide bonds. The summed E-state index contributed by atoms with van der Waals surface area (Å²) in [6, 6.07) is 9.61. The minimum atomic E-state index is -1.20. The maximum atomic E-state index is 12.6. The number of carbonyl (C=O) groups excluding carboxylic acids is 1. The number of carbonyl (C=O) groups is 1. The van der Waals surface area contributed by atoms with Crippen LogP contribution in [0, 0.1) is 21.4 Å². The number of aliphatic imine (C=N–C) groups is 1. The van der Waals surface area contributed by atoms with Crippen LogP contribution in [0.4, 0.5) is 0 Å². The third-order valence-corrected chi connectivity index (χ3v) is 4.68. The van der Waals surface area contributed by atoms with Crippen LogP contribution >= 0.6 is 0 Å². The number of esters is 1. The Hall–Kier alpha value is -2.24. The second-order valence-corrected chi connectivity index (χ2v) is 7.27. The highest BCUT2D eigenvalue weighted by Crippen LogP contribution is 2.44. The van der Waals surface area contributed by atoms with Gasteiger partial charge in [-0.05, 0) is 23.8 Å². The van der Waals surface area contributed by atoms with E-state index in [1.165, 1.54) is 7.11 Å². The molecular weight excluding hydrogens is 308 g/mol. The average molecular weight is 332 g/mol. The van der Waals surface area contributed by atoms with Gasteiger partial charge in [-0.15, -0.1) is 0 Å². The molecule has 0 bridgehead atoms. The van der Waals surface area contributed by atoms with Gasteiger partial charge in [0.1, 0.15) is 0 Å². The molecule has 6 nitrogen and oxygen atoms in total. The molecule has 1 aromatic rings. The highest BCUT2D eigenvalue weighted by atomic mass is 16.6. The topological polar surface area (TPSA) is 81.8 Å². The number of nitro groups is 1. The van der Waals surface area contributed by atoms with E-state index >= 15 is 0 Å². The first kappa shape index (κ1) is 18.1. The standard InChI is InChI=1S/C18H24N2O4/c1-17(2,3)15(12-20(22)23)18(16(21)24-4)11-10-14(19-18)13-8-6-5-7-9-13/h5-9,15H,10-12H2,1-4H3/t15-,18-/m0/s1. The van der Waals surface area contributed by atoms with Gasteiger partial charge >= 0.3 is 5.97 Å². The summed E-state index contributed by atoms with van der Waals surface area (Å²) in [4.78, 5) is 28.2. The first-order chi connectivity index (χ1) is 11.2. The highest BCUT2D eigenvalue weighted by molar-refractivity contribution is 6.04. The summed E-state index contributed by atoms with van der Waals surface area (Å²) in [5.41, 5.74) is 0.0814. The molecule has 2 rings (SSSR count). The van der Waals surface area contributed by atoms with Gasteiger partial charge in [0.15, 0.2) is 5.54 Å². The Labute approximate surface area is 142 Å². The van der Waals surface area contributed by atoms with Crippen molar-refractivity contribution in [2.75, 3.05) is 13.7 Å². The minimum absolute atomic E-state index is 0.315. The quantitative estimate of drug-likeness (QED) is 0.471. The Balaban J connectivity index is 2.53. The van der Waals surface area contributed by atoms with Gasteiger partial charge in [-0.1, -0.05) is 51.1 Å². The summed E-state index contributed by atoms with van der Waals surface area (Å²) in [7, 11) is 1.31. The van der Waals surface area contributed by atoms with E-state index in [-0.39, 0.29) is 11.5 Å². The van der Waals surface area contributed by atoms with E-state index in [0.717, 1.165) is 11.3 Å². The molecule has 130 valence electrons. The summed E-state index contributed by atoms with van der Waals surface area (Å²) >= 11 is 0. The lowest BCUT2D eigenvalue weighted by molar-refractivity contribution is -0.493. The fraction of sp³-hybridized carbons (Fsp3) is 0.556. The van der Waals surface area contributed by atoms with Crippen molar-refractivity contribution in [2.45, 2.75) is 39.2 Å². The molecule has 0 N–H and O–H groups in total. The molecule has 0 spiro atoms. The summed E-state index contributed by atoms with van der Waals surface area (Å²) < 4.78 is 5.01. The van der Waals surface area contributed by atoms with Gasteiger partial charge in [0.05, 0.1) is 13.0 Å². The van der Waals surface area contributed by atoms with Crippen molar-refractivity contribution in [3.8, 4) is 0 Å². The van der Waals surface area contributed by atoms with Crippen LogP contribution < -0.4 is 0 Å². The van der Waals surface area contributed by atoms with E-state index in [2.05, 4.69) is 0 Å². The Kier molecular flexibility index (Phi) is 5.06. The number of rotatable bonds is 5. The van der Waals surface area contributed by atoms with E-state index < -0.39 is 22.8 Å². The first-order valence-electron chi connectivity index (χ1n) is 8.05. The van der Waals surface area contributed by atoms with Crippen molar-refractivity contribution in [3.63, 3.8) is 0 Å². The summed E-state index contributed by atoms with van der Waals surface area (Å²) in [6.07, 6.45) is 1.03. The zero-order valence-corrected chi connectivity index (χ0v) is 14.6. The molecule has 0 saturated heterocycles. The van der Waals surface area contributed by atoms with Crippen molar-refractivity contribution in [2.24, 2.45) is 16.3 Å². The third-order valence-electron chi connectivity index (χ3n) is 4.68. The Morgan fingerprint density at radius 2 is 2.00 bits per heavy atom. The number of benzene rings is 1. The molecule has 0 aromatic heterocycles. The van der Waals surface area contributed by atoms with Crippen molar-refractivity contribution in [1.29, 1.82) is 0 Å². The Morgan fingerprint density at radius 3 is 2.50 bits per heavy atom. The molecule has 0 unspecified atom stereocenters. The second-order valence-electron chi connectivity index (χ2n) is 7.27. The molecular formula is C18H24N2O4. The van der Waals surface area contributed by atoms with Crippen LogP contribution in [0.2, 0.25) is 0 Å². The molecule has 2 atom stereocenters. The molecule has 1 aromatic carbocycles. The summed E-state index contributed by atoms with van der Waals surface area (Å²) in [5, 5.41) is 11.2. The van der Waals surface area contributed by atoms with E-state index in [0.29, 0.717) is 12.8 Å². The number of methoxy groups -OCH3 is 1. The normalized spacial score (nSPS) is 21.9. The van der Waals surface area contributed by atoms with Crippen LogP contribution in [0.25, 0.3) is 0 Å². The van der Waals surface area contributed by atoms with Crippen LogP contribution in [0.15, 0.2) is 35.3 Å². The number of ether oxygens (including phenoxy) is 1. The number of nitrogens with zero attached hydrogens (tertiary/aromatic N) is 2. The maximum absolute atomic E-state index is 12.6. The van der Waals surface area contributed by atoms with Crippen molar-refractivity contribution < 1.29 is 14.5 Å². The van der Waals surface area contributed by atoms with E-state index in [9.17, 15) is 14.9 Å².